The number of benzene rings is 2. The number of nitro groups is 1. The molecule has 0 fully saturated rings. The summed E-state index contributed by atoms with van der Waals surface area (Å²) in [4.78, 5) is 33.7. The van der Waals surface area contributed by atoms with Crippen LogP contribution in [0.3, 0.4) is 0 Å². The molecule has 2 aromatic rings. The molecule has 2 N–H and O–H groups in total. The number of hydrazone groups is 1. The molecule has 0 spiro atoms. The fraction of sp³-hybridized carbons (Fsp3) is 0.211. The predicted molar refractivity (Wildman–Crippen MR) is 103 cm³/mol. The summed E-state index contributed by atoms with van der Waals surface area (Å²) in [5.41, 5.74) is 4.77. The van der Waals surface area contributed by atoms with Gasteiger partial charge in [-0.25, -0.2) is 5.43 Å². The van der Waals surface area contributed by atoms with Gasteiger partial charge in [0.05, 0.1) is 11.1 Å². The molecule has 0 aliphatic heterocycles. The largest absolute Gasteiger partial charge is 0.326 e. The molecule has 0 radical (unpaired) electrons. The second kappa shape index (κ2) is 9.81. The lowest BCUT2D eigenvalue weighted by molar-refractivity contribution is -0.384. The molecule has 0 aliphatic carbocycles. The van der Waals surface area contributed by atoms with Crippen molar-refractivity contribution >= 4 is 29.4 Å². The van der Waals surface area contributed by atoms with Gasteiger partial charge in [-0.05, 0) is 41.8 Å². The second-order valence-corrected chi connectivity index (χ2v) is 5.74. The van der Waals surface area contributed by atoms with Crippen LogP contribution >= 0.6 is 0 Å². The highest BCUT2D eigenvalue weighted by atomic mass is 16.6. The van der Waals surface area contributed by atoms with Gasteiger partial charge in [0.25, 0.3) is 5.69 Å². The van der Waals surface area contributed by atoms with Crippen LogP contribution in [-0.4, -0.2) is 23.0 Å². The molecule has 0 aromatic heterocycles. The third-order valence-electron chi connectivity index (χ3n) is 3.73. The molecule has 0 saturated heterocycles. The molecule has 0 saturated carbocycles. The first-order valence-electron chi connectivity index (χ1n) is 8.43. The minimum absolute atomic E-state index is 0.00349. The van der Waals surface area contributed by atoms with Gasteiger partial charge in [-0.3, -0.25) is 19.7 Å². The number of non-ortho nitro benzene ring substituents is 1. The van der Waals surface area contributed by atoms with Crippen molar-refractivity contribution in [3.8, 4) is 0 Å². The van der Waals surface area contributed by atoms with Crippen LogP contribution in [0.25, 0.3) is 0 Å². The molecule has 8 heteroatoms. The quantitative estimate of drug-likeness (QED) is 0.423. The van der Waals surface area contributed by atoms with E-state index in [2.05, 4.69) is 22.8 Å². The Morgan fingerprint density at radius 2 is 1.67 bits per heavy atom. The van der Waals surface area contributed by atoms with E-state index in [0.717, 1.165) is 6.42 Å². The number of amides is 2. The fourth-order valence-electron chi connectivity index (χ4n) is 2.19. The monoisotopic (exact) mass is 368 g/mol. The topological polar surface area (TPSA) is 114 Å². The van der Waals surface area contributed by atoms with Gasteiger partial charge in [0, 0.05) is 30.7 Å². The molecule has 8 nitrogen and oxygen atoms in total. The van der Waals surface area contributed by atoms with E-state index in [1.54, 1.807) is 0 Å². The Kier molecular flexibility index (Phi) is 7.18. The number of aryl methyl sites for hydroxylation is 1. The maximum absolute atomic E-state index is 11.9. The molecule has 27 heavy (non-hydrogen) atoms. The molecule has 0 atom stereocenters. The zero-order valence-corrected chi connectivity index (χ0v) is 14.8. The van der Waals surface area contributed by atoms with Gasteiger partial charge in [-0.15, -0.1) is 0 Å². The summed E-state index contributed by atoms with van der Waals surface area (Å²) >= 11 is 0. The summed E-state index contributed by atoms with van der Waals surface area (Å²) in [6.07, 6.45) is 2.33. The van der Waals surface area contributed by atoms with Gasteiger partial charge in [-0.2, -0.15) is 5.10 Å². The third kappa shape index (κ3) is 6.69. The normalized spacial score (nSPS) is 10.6. The highest BCUT2D eigenvalue weighted by Gasteiger charge is 2.07. The van der Waals surface area contributed by atoms with Gasteiger partial charge >= 0.3 is 0 Å². The lowest BCUT2D eigenvalue weighted by Gasteiger charge is -2.05. The number of hydrogen-bond acceptors (Lipinski definition) is 5. The Hall–Kier alpha value is -3.55. The molecule has 2 amide bonds. The summed E-state index contributed by atoms with van der Waals surface area (Å²) in [5, 5.41) is 17.1. The maximum Gasteiger partial charge on any atom is 0.269 e. The number of rotatable bonds is 8. The lowest BCUT2D eigenvalue weighted by Crippen LogP contribution is -2.20. The van der Waals surface area contributed by atoms with E-state index in [0.29, 0.717) is 11.3 Å². The first kappa shape index (κ1) is 19.8. The first-order chi connectivity index (χ1) is 13.0. The Morgan fingerprint density at radius 1 is 1.04 bits per heavy atom. The van der Waals surface area contributed by atoms with Crippen molar-refractivity contribution in [2.75, 3.05) is 5.32 Å². The number of nitro benzene ring substituents is 1. The number of nitrogens with one attached hydrogen (secondary N) is 2. The molecule has 2 rings (SSSR count). The van der Waals surface area contributed by atoms with E-state index in [9.17, 15) is 19.7 Å². The fourth-order valence-corrected chi connectivity index (χ4v) is 2.19. The van der Waals surface area contributed by atoms with Crippen LogP contribution in [0.1, 0.15) is 30.9 Å². The lowest BCUT2D eigenvalue weighted by atomic mass is 10.1. The predicted octanol–water partition coefficient (Wildman–Crippen LogP) is 3.03. The summed E-state index contributed by atoms with van der Waals surface area (Å²) in [6, 6.07) is 13.3. The molecule has 2 aromatic carbocycles. The minimum atomic E-state index is -0.494. The summed E-state index contributed by atoms with van der Waals surface area (Å²) in [5.74, 6) is -0.654. The summed E-state index contributed by atoms with van der Waals surface area (Å²) in [6.45, 7) is 2.05. The zero-order chi connectivity index (χ0) is 19.6. The molecular formula is C19H20N4O4. The SMILES string of the molecule is CCc1ccc(NC(=O)CCC(=O)NN=Cc2ccc([N+](=O)[O-])cc2)cc1. The van der Waals surface area contributed by atoms with Crippen LogP contribution < -0.4 is 10.7 Å². The van der Waals surface area contributed by atoms with Crippen LogP contribution in [0.4, 0.5) is 11.4 Å². The van der Waals surface area contributed by atoms with E-state index in [1.165, 1.54) is 36.0 Å². The summed E-state index contributed by atoms with van der Waals surface area (Å²) < 4.78 is 0. The van der Waals surface area contributed by atoms with Crippen LogP contribution in [0.15, 0.2) is 53.6 Å². The molecule has 0 bridgehead atoms. The van der Waals surface area contributed by atoms with Crippen molar-refractivity contribution in [3.05, 3.63) is 69.8 Å². The Morgan fingerprint density at radius 3 is 2.26 bits per heavy atom. The van der Waals surface area contributed by atoms with Crippen LogP contribution in [0.5, 0.6) is 0 Å². The van der Waals surface area contributed by atoms with Crippen LogP contribution in [0, 0.1) is 10.1 Å². The van der Waals surface area contributed by atoms with E-state index in [1.807, 2.05) is 24.3 Å². The van der Waals surface area contributed by atoms with Crippen molar-refractivity contribution in [1.82, 2.24) is 5.43 Å². The molecular weight excluding hydrogens is 348 g/mol. The number of nitrogens with zero attached hydrogens (tertiary/aromatic N) is 2. The number of carbonyl (C=O) groups excluding carboxylic acids is 2. The van der Waals surface area contributed by atoms with E-state index < -0.39 is 10.8 Å². The highest BCUT2D eigenvalue weighted by molar-refractivity contribution is 5.93. The van der Waals surface area contributed by atoms with Gasteiger partial charge in [0.2, 0.25) is 11.8 Å². The third-order valence-corrected chi connectivity index (χ3v) is 3.73. The van der Waals surface area contributed by atoms with Gasteiger partial charge in [0.1, 0.15) is 0 Å². The van der Waals surface area contributed by atoms with Crippen molar-refractivity contribution in [2.24, 2.45) is 5.10 Å². The number of anilines is 1. The minimum Gasteiger partial charge on any atom is -0.326 e. The Balaban J connectivity index is 1.73. The van der Waals surface area contributed by atoms with E-state index in [-0.39, 0.29) is 24.4 Å². The summed E-state index contributed by atoms with van der Waals surface area (Å²) in [7, 11) is 0. The molecule has 0 heterocycles. The smallest absolute Gasteiger partial charge is 0.269 e. The molecule has 0 unspecified atom stereocenters. The maximum atomic E-state index is 11.9. The van der Waals surface area contributed by atoms with Crippen LogP contribution in [0.2, 0.25) is 0 Å². The van der Waals surface area contributed by atoms with Crippen molar-refractivity contribution in [1.29, 1.82) is 0 Å². The van der Waals surface area contributed by atoms with Gasteiger partial charge in [0.15, 0.2) is 0 Å². The Bertz CT molecular complexity index is 830. The molecule has 0 aliphatic rings. The first-order valence-corrected chi connectivity index (χ1v) is 8.43. The average Bonchev–Trinajstić information content (AvgIpc) is 2.67. The zero-order valence-electron chi connectivity index (χ0n) is 14.8. The number of hydrogen-bond donors (Lipinski definition) is 2. The number of carbonyl (C=O) groups is 2. The highest BCUT2D eigenvalue weighted by Crippen LogP contribution is 2.11. The van der Waals surface area contributed by atoms with Crippen molar-refractivity contribution in [2.45, 2.75) is 26.2 Å². The second-order valence-electron chi connectivity index (χ2n) is 5.74. The van der Waals surface area contributed by atoms with Gasteiger partial charge < -0.3 is 5.32 Å². The van der Waals surface area contributed by atoms with Crippen molar-refractivity contribution < 1.29 is 14.5 Å². The Labute approximate surface area is 156 Å². The molecule has 140 valence electrons. The van der Waals surface area contributed by atoms with E-state index >= 15 is 0 Å². The van der Waals surface area contributed by atoms with Crippen LogP contribution in [-0.2, 0) is 16.0 Å². The standard InChI is InChI=1S/C19H20N4O4/c1-2-14-3-7-16(8-4-14)21-18(24)11-12-19(25)22-20-13-15-5-9-17(10-6-15)23(26)27/h3-10,13H,2,11-12H2,1H3,(H,21,24)(H,22,25). The van der Waals surface area contributed by atoms with E-state index in [4.69, 9.17) is 0 Å². The average molecular weight is 368 g/mol. The van der Waals surface area contributed by atoms with Gasteiger partial charge in [-0.1, -0.05) is 19.1 Å². The van der Waals surface area contributed by atoms with Crippen molar-refractivity contribution in [3.63, 3.8) is 0 Å².